The van der Waals surface area contributed by atoms with Crippen molar-refractivity contribution in [2.24, 2.45) is 0 Å². The molecule has 0 spiro atoms. The average Bonchev–Trinajstić information content (AvgIpc) is 2.93. The number of amides is 2. The van der Waals surface area contributed by atoms with Gasteiger partial charge in [-0.25, -0.2) is 23.5 Å². The van der Waals surface area contributed by atoms with Crippen LogP contribution >= 0.6 is 11.3 Å². The highest BCUT2D eigenvalue weighted by molar-refractivity contribution is 7.21. The highest BCUT2D eigenvalue weighted by Crippen LogP contribution is 2.25. The number of aromatic nitrogens is 2. The summed E-state index contributed by atoms with van der Waals surface area (Å²) in [5.41, 5.74) is 1.54. The van der Waals surface area contributed by atoms with Crippen molar-refractivity contribution < 1.29 is 13.6 Å². The third kappa shape index (κ3) is 2.43. The molecule has 1 N–H and O–H groups in total. The summed E-state index contributed by atoms with van der Waals surface area (Å²) in [7, 11) is 0. The first-order chi connectivity index (χ1) is 9.52. The van der Waals surface area contributed by atoms with Gasteiger partial charge in [0.15, 0.2) is 17.5 Å². The van der Waals surface area contributed by atoms with Gasteiger partial charge in [-0.2, -0.15) is 0 Å². The highest BCUT2D eigenvalue weighted by Gasteiger charge is 2.35. The Bertz CT molecular complexity index is 652. The van der Waals surface area contributed by atoms with Crippen LogP contribution < -0.4 is 5.32 Å². The molecule has 2 atom stereocenters. The topological polar surface area (TPSA) is 58.1 Å². The molecule has 1 aliphatic rings. The van der Waals surface area contributed by atoms with Gasteiger partial charge in [0.1, 0.15) is 10.3 Å². The lowest BCUT2D eigenvalue weighted by molar-refractivity contribution is 0.217. The molecular formula is C12H12F2N4OS. The molecule has 0 saturated carbocycles. The second-order valence-electron chi connectivity index (χ2n) is 4.66. The quantitative estimate of drug-likeness (QED) is 0.880. The number of nitrogens with one attached hydrogen (secondary N) is 1. The van der Waals surface area contributed by atoms with Crippen LogP contribution in [-0.4, -0.2) is 46.3 Å². The molecule has 1 saturated heterocycles. The van der Waals surface area contributed by atoms with E-state index in [1.807, 2.05) is 19.1 Å². The molecule has 5 nitrogen and oxygen atoms in total. The molecule has 3 rings (SSSR count). The Labute approximate surface area is 117 Å². The van der Waals surface area contributed by atoms with E-state index in [-0.39, 0.29) is 13.1 Å². The first kappa shape index (κ1) is 13.2. The van der Waals surface area contributed by atoms with E-state index < -0.39 is 18.4 Å². The number of thiazole rings is 1. The number of hydrogen-bond acceptors (Lipinski definition) is 4. The van der Waals surface area contributed by atoms with E-state index in [4.69, 9.17) is 0 Å². The fraction of sp³-hybridized carbons (Fsp3) is 0.417. The monoisotopic (exact) mass is 298 g/mol. The predicted molar refractivity (Wildman–Crippen MR) is 72.5 cm³/mol. The number of aryl methyl sites for hydroxylation is 1. The Morgan fingerprint density at radius 3 is 2.75 bits per heavy atom. The van der Waals surface area contributed by atoms with Crippen molar-refractivity contribution in [2.45, 2.75) is 19.3 Å². The SMILES string of the molecule is Cc1ccc2nc(NC(=O)N3C[C@@H](F)[C@@H](F)C3)sc2n1. The average molecular weight is 298 g/mol. The normalized spacial score (nSPS) is 22.4. The van der Waals surface area contributed by atoms with Crippen molar-refractivity contribution in [3.05, 3.63) is 17.8 Å². The van der Waals surface area contributed by atoms with E-state index >= 15 is 0 Å². The van der Waals surface area contributed by atoms with Crippen LogP contribution in [0.1, 0.15) is 5.69 Å². The Morgan fingerprint density at radius 1 is 1.35 bits per heavy atom. The van der Waals surface area contributed by atoms with Crippen LogP contribution in [0.3, 0.4) is 0 Å². The van der Waals surface area contributed by atoms with E-state index in [2.05, 4.69) is 15.3 Å². The maximum Gasteiger partial charge on any atom is 0.323 e. The largest absolute Gasteiger partial charge is 0.323 e. The van der Waals surface area contributed by atoms with Gasteiger partial charge in [0, 0.05) is 5.69 Å². The fourth-order valence-electron chi connectivity index (χ4n) is 2.02. The summed E-state index contributed by atoms with van der Waals surface area (Å²) in [5.74, 6) is 0. The van der Waals surface area contributed by atoms with E-state index in [0.29, 0.717) is 15.5 Å². The van der Waals surface area contributed by atoms with Crippen LogP contribution in [0, 0.1) is 6.92 Å². The third-order valence-electron chi connectivity index (χ3n) is 3.08. The van der Waals surface area contributed by atoms with Gasteiger partial charge >= 0.3 is 6.03 Å². The molecule has 1 aliphatic heterocycles. The second-order valence-corrected chi connectivity index (χ2v) is 5.64. The second kappa shape index (κ2) is 4.93. The highest BCUT2D eigenvalue weighted by atomic mass is 32.1. The first-order valence-corrected chi connectivity index (χ1v) is 6.93. The van der Waals surface area contributed by atoms with Crippen molar-refractivity contribution >= 4 is 32.8 Å². The number of fused-ring (bicyclic) bond motifs is 1. The summed E-state index contributed by atoms with van der Waals surface area (Å²) in [6, 6.07) is 3.10. The van der Waals surface area contributed by atoms with Crippen LogP contribution in [-0.2, 0) is 0 Å². The zero-order valence-corrected chi connectivity index (χ0v) is 11.5. The van der Waals surface area contributed by atoms with E-state index in [1.165, 1.54) is 11.3 Å². The van der Waals surface area contributed by atoms with Crippen molar-refractivity contribution in [1.29, 1.82) is 0 Å². The number of urea groups is 1. The molecular weight excluding hydrogens is 286 g/mol. The van der Waals surface area contributed by atoms with Gasteiger partial charge in [0.05, 0.1) is 13.1 Å². The van der Waals surface area contributed by atoms with Gasteiger partial charge < -0.3 is 4.90 Å². The van der Waals surface area contributed by atoms with E-state index in [0.717, 1.165) is 10.6 Å². The van der Waals surface area contributed by atoms with Gasteiger partial charge in [-0.15, -0.1) is 0 Å². The molecule has 1 fully saturated rings. The predicted octanol–water partition coefficient (Wildman–Crippen LogP) is 2.52. The van der Waals surface area contributed by atoms with Crippen molar-refractivity contribution in [2.75, 3.05) is 18.4 Å². The number of alkyl halides is 2. The molecule has 0 aromatic carbocycles. The zero-order chi connectivity index (χ0) is 14.3. The number of carbonyl (C=O) groups is 1. The smallest absolute Gasteiger partial charge is 0.318 e. The number of carbonyl (C=O) groups excluding carboxylic acids is 1. The molecule has 8 heteroatoms. The van der Waals surface area contributed by atoms with Crippen LogP contribution in [0.25, 0.3) is 10.3 Å². The van der Waals surface area contributed by atoms with Gasteiger partial charge in [0.25, 0.3) is 0 Å². The number of nitrogens with zero attached hydrogens (tertiary/aromatic N) is 3. The molecule has 3 heterocycles. The lowest BCUT2D eigenvalue weighted by atomic mass is 10.3. The number of likely N-dealkylation sites (tertiary alicyclic amines) is 1. The third-order valence-corrected chi connectivity index (χ3v) is 3.96. The summed E-state index contributed by atoms with van der Waals surface area (Å²) >= 11 is 1.23. The van der Waals surface area contributed by atoms with Crippen LogP contribution in [0.5, 0.6) is 0 Å². The van der Waals surface area contributed by atoms with E-state index in [9.17, 15) is 13.6 Å². The van der Waals surface area contributed by atoms with Gasteiger partial charge in [-0.05, 0) is 19.1 Å². The van der Waals surface area contributed by atoms with Crippen LogP contribution in [0.15, 0.2) is 12.1 Å². The maximum absolute atomic E-state index is 13.1. The zero-order valence-electron chi connectivity index (χ0n) is 10.6. The number of halogens is 2. The minimum Gasteiger partial charge on any atom is -0.318 e. The van der Waals surface area contributed by atoms with Gasteiger partial charge in [-0.1, -0.05) is 11.3 Å². The number of rotatable bonds is 1. The molecule has 0 unspecified atom stereocenters. The minimum atomic E-state index is -1.61. The first-order valence-electron chi connectivity index (χ1n) is 6.11. The Kier molecular flexibility index (Phi) is 3.25. The number of hydrogen-bond donors (Lipinski definition) is 1. The Hall–Kier alpha value is -1.83. The molecule has 20 heavy (non-hydrogen) atoms. The van der Waals surface area contributed by atoms with Crippen LogP contribution in [0.4, 0.5) is 18.7 Å². The molecule has 2 amide bonds. The van der Waals surface area contributed by atoms with Crippen molar-refractivity contribution in [3.63, 3.8) is 0 Å². The minimum absolute atomic E-state index is 0.227. The molecule has 106 valence electrons. The standard InChI is InChI=1S/C12H12F2N4OS/c1-6-2-3-9-10(15-6)20-11(16-9)17-12(19)18-4-7(13)8(14)5-18/h2-3,7-8H,4-5H2,1H3,(H,16,17,19)/t7-,8+. The fourth-order valence-corrected chi connectivity index (χ4v) is 2.90. The number of anilines is 1. The summed E-state index contributed by atoms with van der Waals surface area (Å²) in [6.07, 6.45) is -3.22. The number of pyridine rings is 1. The lowest BCUT2D eigenvalue weighted by Gasteiger charge is -2.14. The Balaban J connectivity index is 1.74. The summed E-state index contributed by atoms with van der Waals surface area (Å²) in [4.78, 5) is 22.2. The molecule has 2 aromatic heterocycles. The van der Waals surface area contributed by atoms with Gasteiger partial charge in [-0.3, -0.25) is 5.32 Å². The van der Waals surface area contributed by atoms with Crippen molar-refractivity contribution in [1.82, 2.24) is 14.9 Å². The molecule has 0 bridgehead atoms. The van der Waals surface area contributed by atoms with Crippen LogP contribution in [0.2, 0.25) is 0 Å². The molecule has 2 aromatic rings. The molecule has 0 radical (unpaired) electrons. The van der Waals surface area contributed by atoms with Gasteiger partial charge in [0.2, 0.25) is 0 Å². The summed E-state index contributed by atoms with van der Waals surface area (Å²) in [5, 5.41) is 2.93. The summed E-state index contributed by atoms with van der Waals surface area (Å²) in [6.45, 7) is 1.41. The maximum atomic E-state index is 13.1. The lowest BCUT2D eigenvalue weighted by Crippen LogP contribution is -2.33. The van der Waals surface area contributed by atoms with Crippen molar-refractivity contribution in [3.8, 4) is 0 Å². The Morgan fingerprint density at radius 2 is 2.05 bits per heavy atom. The summed E-state index contributed by atoms with van der Waals surface area (Å²) < 4.78 is 26.1. The molecule has 0 aliphatic carbocycles. The van der Waals surface area contributed by atoms with E-state index in [1.54, 1.807) is 0 Å².